The number of hydrogen-bond acceptors (Lipinski definition) is 3. The van der Waals surface area contributed by atoms with Crippen LogP contribution in [0.5, 0.6) is 5.75 Å². The van der Waals surface area contributed by atoms with Gasteiger partial charge in [-0.1, -0.05) is 0 Å². The molecule has 24 heavy (non-hydrogen) atoms. The lowest BCUT2D eigenvalue weighted by Crippen LogP contribution is -2.59. The molecule has 2 aliphatic rings. The van der Waals surface area contributed by atoms with E-state index in [4.69, 9.17) is 4.74 Å². The molecule has 1 heterocycles. The van der Waals surface area contributed by atoms with E-state index in [1.165, 1.54) is 6.07 Å². The number of rotatable bonds is 3. The maximum absolute atomic E-state index is 13.6. The van der Waals surface area contributed by atoms with Crippen molar-refractivity contribution >= 4 is 27.6 Å². The first kappa shape index (κ1) is 17.3. The lowest BCUT2D eigenvalue weighted by atomic mass is 9.76. The molecular weight excluding hydrogens is 393 g/mol. The molecule has 1 saturated carbocycles. The quantitative estimate of drug-likeness (QED) is 0.753. The molecule has 0 radical (unpaired) electrons. The van der Waals surface area contributed by atoms with Crippen LogP contribution in [0.4, 0.5) is 23.7 Å². The Hall–Kier alpha value is -1.48. The van der Waals surface area contributed by atoms with E-state index in [9.17, 15) is 23.1 Å². The zero-order valence-electron chi connectivity index (χ0n) is 12.8. The molecule has 0 saturated heterocycles. The number of amides is 2. The molecule has 1 aromatic rings. The van der Waals surface area contributed by atoms with Crippen molar-refractivity contribution in [1.29, 1.82) is 0 Å². The van der Waals surface area contributed by atoms with Crippen molar-refractivity contribution in [3.63, 3.8) is 0 Å². The smallest absolute Gasteiger partial charge is 0.418 e. The number of anilines is 1. The van der Waals surface area contributed by atoms with E-state index < -0.39 is 29.4 Å². The van der Waals surface area contributed by atoms with E-state index >= 15 is 0 Å². The van der Waals surface area contributed by atoms with Crippen molar-refractivity contribution in [1.82, 2.24) is 5.32 Å². The number of aliphatic hydroxyl groups is 1. The number of nitrogens with zero attached hydrogens (tertiary/aromatic N) is 1. The SMILES string of the molecule is CC1(O)CC(N2C(=O)NCc3cc(OCBr)cc(C(F)(F)F)c32)C1. The maximum Gasteiger partial charge on any atom is 0.418 e. The average Bonchev–Trinajstić information content (AvgIpc) is 2.43. The fourth-order valence-electron chi connectivity index (χ4n) is 3.29. The Labute approximate surface area is 144 Å². The number of hydrogen-bond donors (Lipinski definition) is 2. The van der Waals surface area contributed by atoms with Gasteiger partial charge in [-0.2, -0.15) is 13.2 Å². The Balaban J connectivity index is 2.09. The van der Waals surface area contributed by atoms with Gasteiger partial charge in [-0.25, -0.2) is 4.79 Å². The normalized spacial score (nSPS) is 26.5. The molecule has 0 spiro atoms. The van der Waals surface area contributed by atoms with Gasteiger partial charge in [0.2, 0.25) is 0 Å². The summed E-state index contributed by atoms with van der Waals surface area (Å²) in [5.41, 5.74) is -1.61. The van der Waals surface area contributed by atoms with Crippen LogP contribution in [0, 0.1) is 0 Å². The van der Waals surface area contributed by atoms with E-state index in [0.29, 0.717) is 5.56 Å². The molecule has 3 rings (SSSR count). The Kier molecular flexibility index (Phi) is 4.19. The van der Waals surface area contributed by atoms with Crippen LogP contribution in [-0.2, 0) is 12.7 Å². The number of carbonyl (C=O) groups is 1. The van der Waals surface area contributed by atoms with Crippen LogP contribution in [-0.4, -0.2) is 28.3 Å². The third-order valence-corrected chi connectivity index (χ3v) is 4.52. The summed E-state index contributed by atoms with van der Waals surface area (Å²) in [5, 5.41) is 12.5. The number of urea groups is 1. The van der Waals surface area contributed by atoms with Crippen molar-refractivity contribution < 1.29 is 27.8 Å². The Morgan fingerprint density at radius 3 is 2.67 bits per heavy atom. The van der Waals surface area contributed by atoms with Crippen LogP contribution in [0.2, 0.25) is 0 Å². The van der Waals surface area contributed by atoms with Gasteiger partial charge in [0.05, 0.1) is 16.9 Å². The first-order valence-corrected chi connectivity index (χ1v) is 8.47. The van der Waals surface area contributed by atoms with Gasteiger partial charge in [0.1, 0.15) is 11.3 Å². The van der Waals surface area contributed by atoms with Crippen molar-refractivity contribution in [2.45, 2.75) is 44.1 Å². The number of fused-ring (bicyclic) bond motifs is 1. The largest absolute Gasteiger partial charge is 0.482 e. The molecule has 0 unspecified atom stereocenters. The number of ether oxygens (including phenoxy) is 1. The Morgan fingerprint density at radius 2 is 2.12 bits per heavy atom. The second-order valence-electron chi connectivity index (χ2n) is 6.32. The standard InChI is InChI=1S/C15H16BrF3N2O3/c1-14(23)4-9(5-14)21-12-8(6-20-13(21)22)2-10(24-7-16)3-11(12)15(17,18)19/h2-3,9,23H,4-7H2,1H3,(H,20,22). The highest BCUT2D eigenvalue weighted by Gasteiger charge is 2.48. The van der Waals surface area contributed by atoms with Gasteiger partial charge in [0.15, 0.2) is 0 Å². The Morgan fingerprint density at radius 1 is 1.46 bits per heavy atom. The van der Waals surface area contributed by atoms with Gasteiger partial charge in [-0.15, -0.1) is 0 Å². The highest BCUT2D eigenvalue weighted by Crippen LogP contribution is 2.46. The molecule has 0 bridgehead atoms. The highest BCUT2D eigenvalue weighted by atomic mass is 79.9. The first-order valence-electron chi connectivity index (χ1n) is 7.35. The third-order valence-electron chi connectivity index (χ3n) is 4.29. The summed E-state index contributed by atoms with van der Waals surface area (Å²) in [6, 6.07) is 1.35. The van der Waals surface area contributed by atoms with Gasteiger partial charge in [-0.05, 0) is 53.4 Å². The zero-order chi connectivity index (χ0) is 17.7. The molecule has 9 heteroatoms. The van der Waals surface area contributed by atoms with Crippen molar-refractivity contribution in [3.05, 3.63) is 23.3 Å². The summed E-state index contributed by atoms with van der Waals surface area (Å²) in [7, 11) is 0. The second kappa shape index (κ2) is 5.80. The van der Waals surface area contributed by atoms with E-state index in [2.05, 4.69) is 21.2 Å². The van der Waals surface area contributed by atoms with Crippen molar-refractivity contribution in [2.75, 3.05) is 10.4 Å². The number of alkyl halides is 4. The molecule has 0 atom stereocenters. The molecule has 1 fully saturated rings. The number of benzene rings is 1. The zero-order valence-corrected chi connectivity index (χ0v) is 14.4. The van der Waals surface area contributed by atoms with Gasteiger partial charge in [0, 0.05) is 12.6 Å². The fraction of sp³-hybridized carbons (Fsp3) is 0.533. The minimum atomic E-state index is -4.63. The van der Waals surface area contributed by atoms with Crippen LogP contribution >= 0.6 is 15.9 Å². The molecule has 2 N–H and O–H groups in total. The summed E-state index contributed by atoms with van der Waals surface area (Å²) in [6.07, 6.45) is -4.16. The molecule has 2 amide bonds. The van der Waals surface area contributed by atoms with E-state index in [-0.39, 0.29) is 36.3 Å². The fourth-order valence-corrected chi connectivity index (χ4v) is 3.56. The van der Waals surface area contributed by atoms with Crippen LogP contribution < -0.4 is 15.0 Å². The molecule has 132 valence electrons. The molecule has 1 aromatic carbocycles. The molecule has 5 nitrogen and oxygen atoms in total. The molecular formula is C15H16BrF3N2O3. The summed E-state index contributed by atoms with van der Waals surface area (Å²) in [6.45, 7) is 1.60. The highest BCUT2D eigenvalue weighted by molar-refractivity contribution is 9.09. The van der Waals surface area contributed by atoms with Crippen molar-refractivity contribution in [2.24, 2.45) is 0 Å². The first-order chi connectivity index (χ1) is 11.1. The van der Waals surface area contributed by atoms with Crippen molar-refractivity contribution in [3.8, 4) is 5.75 Å². The van der Waals surface area contributed by atoms with E-state index in [1.54, 1.807) is 6.92 Å². The predicted octanol–water partition coefficient (Wildman–Crippen LogP) is 3.38. The lowest BCUT2D eigenvalue weighted by Gasteiger charge is -2.48. The number of carbonyl (C=O) groups excluding carboxylic acids is 1. The monoisotopic (exact) mass is 408 g/mol. The summed E-state index contributed by atoms with van der Waals surface area (Å²) >= 11 is 3.02. The van der Waals surface area contributed by atoms with Gasteiger partial charge >= 0.3 is 12.2 Å². The number of halogens is 4. The minimum Gasteiger partial charge on any atom is -0.482 e. The van der Waals surface area contributed by atoms with E-state index in [0.717, 1.165) is 11.0 Å². The topological polar surface area (TPSA) is 61.8 Å². The second-order valence-corrected chi connectivity index (χ2v) is 6.78. The van der Waals surface area contributed by atoms with E-state index in [1.807, 2.05) is 0 Å². The summed E-state index contributed by atoms with van der Waals surface area (Å²) in [4.78, 5) is 13.3. The van der Waals surface area contributed by atoms with Crippen LogP contribution in [0.3, 0.4) is 0 Å². The lowest BCUT2D eigenvalue weighted by molar-refractivity contribution is -0.137. The summed E-state index contributed by atoms with van der Waals surface area (Å²) < 4.78 is 45.8. The third kappa shape index (κ3) is 3.06. The van der Waals surface area contributed by atoms with Gasteiger partial charge < -0.3 is 15.2 Å². The molecule has 0 aromatic heterocycles. The molecule has 1 aliphatic carbocycles. The van der Waals surface area contributed by atoms with Crippen LogP contribution in [0.1, 0.15) is 30.9 Å². The Bertz CT molecular complexity index is 671. The number of nitrogens with one attached hydrogen (secondary N) is 1. The maximum atomic E-state index is 13.6. The van der Waals surface area contributed by atoms with Gasteiger partial charge in [-0.3, -0.25) is 4.90 Å². The predicted molar refractivity (Wildman–Crippen MR) is 84.2 cm³/mol. The van der Waals surface area contributed by atoms with Gasteiger partial charge in [0.25, 0.3) is 0 Å². The minimum absolute atomic E-state index is 0.00363. The van der Waals surface area contributed by atoms with Crippen LogP contribution in [0.25, 0.3) is 0 Å². The van der Waals surface area contributed by atoms with Crippen LogP contribution in [0.15, 0.2) is 12.1 Å². The average molecular weight is 409 g/mol. The summed E-state index contributed by atoms with van der Waals surface area (Å²) in [5.74, 6) is 0.0784. The molecule has 1 aliphatic heterocycles.